The van der Waals surface area contributed by atoms with Crippen LogP contribution in [0.15, 0.2) is 18.2 Å². The molecule has 0 bridgehead atoms. The number of rotatable bonds is 7. The Hall–Kier alpha value is -1.26. The number of hydrogen-bond acceptors (Lipinski definition) is 4. The second kappa shape index (κ2) is 6.88. The van der Waals surface area contributed by atoms with E-state index < -0.39 is 0 Å². The van der Waals surface area contributed by atoms with Crippen LogP contribution in [0.1, 0.15) is 31.7 Å². The van der Waals surface area contributed by atoms with Gasteiger partial charge in [0.25, 0.3) is 0 Å². The Morgan fingerprint density at radius 3 is 2.64 bits per heavy atom. The average Bonchev–Trinajstić information content (AvgIpc) is 3.27. The Labute approximate surface area is 133 Å². The van der Waals surface area contributed by atoms with Crippen molar-refractivity contribution in [2.75, 3.05) is 27.3 Å². The molecule has 2 atom stereocenters. The molecule has 4 nitrogen and oxygen atoms in total. The van der Waals surface area contributed by atoms with Gasteiger partial charge < -0.3 is 14.8 Å². The molecule has 1 heterocycles. The lowest BCUT2D eigenvalue weighted by Crippen LogP contribution is -2.39. The molecule has 0 unspecified atom stereocenters. The van der Waals surface area contributed by atoms with Gasteiger partial charge in [0.15, 0.2) is 11.5 Å². The molecule has 1 N–H and O–H groups in total. The van der Waals surface area contributed by atoms with Crippen LogP contribution < -0.4 is 14.8 Å². The largest absolute Gasteiger partial charge is 0.493 e. The number of ether oxygens (including phenoxy) is 2. The van der Waals surface area contributed by atoms with Gasteiger partial charge in [-0.2, -0.15) is 0 Å². The molecular weight excluding hydrogens is 276 g/mol. The Balaban J connectivity index is 1.52. The van der Waals surface area contributed by atoms with Crippen molar-refractivity contribution in [3.8, 4) is 11.5 Å². The van der Waals surface area contributed by atoms with E-state index in [2.05, 4.69) is 29.3 Å². The van der Waals surface area contributed by atoms with Crippen molar-refractivity contribution in [3.05, 3.63) is 23.8 Å². The van der Waals surface area contributed by atoms with Gasteiger partial charge in [-0.15, -0.1) is 0 Å². The Morgan fingerprint density at radius 2 is 1.95 bits per heavy atom. The summed E-state index contributed by atoms with van der Waals surface area (Å²) in [6.07, 6.45) is 5.12. The lowest BCUT2D eigenvalue weighted by molar-refractivity contribution is 0.313. The molecule has 0 amide bonds. The van der Waals surface area contributed by atoms with E-state index in [0.717, 1.165) is 24.0 Å². The van der Waals surface area contributed by atoms with Crippen LogP contribution in [0.3, 0.4) is 0 Å². The predicted octanol–water partition coefficient (Wildman–Crippen LogP) is 2.46. The fourth-order valence-electron chi connectivity index (χ4n) is 3.52. The summed E-state index contributed by atoms with van der Waals surface area (Å²) in [5, 5.41) is 3.79. The van der Waals surface area contributed by atoms with E-state index in [9.17, 15) is 0 Å². The molecule has 122 valence electrons. The number of hydrogen-bond donors (Lipinski definition) is 1. The van der Waals surface area contributed by atoms with Gasteiger partial charge in [0.2, 0.25) is 0 Å². The SMILES string of the molecule is COc1ccc(C[C@H](C)N[C@H]2CCN(C3CC3)C2)cc1OC. The molecule has 1 saturated carbocycles. The first kappa shape index (κ1) is 15.6. The molecule has 0 radical (unpaired) electrons. The van der Waals surface area contributed by atoms with Gasteiger partial charge in [0.05, 0.1) is 14.2 Å². The number of methoxy groups -OCH3 is 2. The maximum absolute atomic E-state index is 5.39. The molecular formula is C18H28N2O2. The molecule has 1 aliphatic carbocycles. The average molecular weight is 304 g/mol. The third-order valence-corrected chi connectivity index (χ3v) is 4.79. The zero-order chi connectivity index (χ0) is 15.5. The molecule has 2 aliphatic rings. The fraction of sp³-hybridized carbons (Fsp3) is 0.667. The van der Waals surface area contributed by atoms with Crippen LogP contribution in [-0.4, -0.2) is 50.3 Å². The first-order valence-electron chi connectivity index (χ1n) is 8.40. The molecule has 0 aromatic heterocycles. The van der Waals surface area contributed by atoms with Gasteiger partial charge in [0.1, 0.15) is 0 Å². The van der Waals surface area contributed by atoms with E-state index in [1.807, 2.05) is 6.07 Å². The Morgan fingerprint density at radius 1 is 1.18 bits per heavy atom. The van der Waals surface area contributed by atoms with Crippen LogP contribution >= 0.6 is 0 Å². The number of likely N-dealkylation sites (tertiary alicyclic amines) is 1. The molecule has 2 fully saturated rings. The van der Waals surface area contributed by atoms with Crippen molar-refractivity contribution in [2.45, 2.75) is 50.7 Å². The maximum Gasteiger partial charge on any atom is 0.160 e. The maximum atomic E-state index is 5.39. The van der Waals surface area contributed by atoms with Gasteiger partial charge in [0, 0.05) is 31.2 Å². The molecule has 22 heavy (non-hydrogen) atoms. The standard InChI is InChI=1S/C18H28N2O2/c1-13(19-15-8-9-20(12-15)16-5-6-16)10-14-4-7-17(21-2)18(11-14)22-3/h4,7,11,13,15-16,19H,5-6,8-10,12H2,1-3H3/t13-,15-/m0/s1. The normalized spacial score (nSPS) is 23.5. The zero-order valence-corrected chi connectivity index (χ0v) is 14.0. The van der Waals surface area contributed by atoms with Crippen molar-refractivity contribution < 1.29 is 9.47 Å². The number of nitrogens with one attached hydrogen (secondary N) is 1. The van der Waals surface area contributed by atoms with Crippen molar-refractivity contribution >= 4 is 0 Å². The van der Waals surface area contributed by atoms with E-state index in [4.69, 9.17) is 9.47 Å². The minimum absolute atomic E-state index is 0.474. The highest BCUT2D eigenvalue weighted by molar-refractivity contribution is 5.43. The highest BCUT2D eigenvalue weighted by atomic mass is 16.5. The zero-order valence-electron chi connectivity index (χ0n) is 14.0. The van der Waals surface area contributed by atoms with E-state index in [0.29, 0.717) is 12.1 Å². The molecule has 1 aromatic carbocycles. The van der Waals surface area contributed by atoms with Gasteiger partial charge in [-0.3, -0.25) is 4.90 Å². The minimum atomic E-state index is 0.474. The molecule has 4 heteroatoms. The summed E-state index contributed by atoms with van der Waals surface area (Å²) >= 11 is 0. The van der Waals surface area contributed by atoms with Crippen LogP contribution in [0.25, 0.3) is 0 Å². The second-order valence-electron chi connectivity index (χ2n) is 6.67. The van der Waals surface area contributed by atoms with Crippen LogP contribution in [-0.2, 0) is 6.42 Å². The summed E-state index contributed by atoms with van der Waals surface area (Å²) in [6.45, 7) is 4.77. The van der Waals surface area contributed by atoms with Gasteiger partial charge >= 0.3 is 0 Å². The molecule has 3 rings (SSSR count). The van der Waals surface area contributed by atoms with Gasteiger partial charge in [-0.1, -0.05) is 6.07 Å². The number of nitrogens with zero attached hydrogens (tertiary/aromatic N) is 1. The smallest absolute Gasteiger partial charge is 0.160 e. The van der Waals surface area contributed by atoms with E-state index in [1.165, 1.54) is 37.9 Å². The third-order valence-electron chi connectivity index (χ3n) is 4.79. The van der Waals surface area contributed by atoms with Crippen LogP contribution in [0, 0.1) is 0 Å². The second-order valence-corrected chi connectivity index (χ2v) is 6.67. The summed E-state index contributed by atoms with van der Waals surface area (Å²) < 4.78 is 10.7. The van der Waals surface area contributed by atoms with E-state index in [-0.39, 0.29) is 0 Å². The molecule has 1 saturated heterocycles. The van der Waals surface area contributed by atoms with Crippen molar-refractivity contribution in [1.29, 1.82) is 0 Å². The lowest BCUT2D eigenvalue weighted by Gasteiger charge is -2.21. The molecule has 1 aliphatic heterocycles. The van der Waals surface area contributed by atoms with Gasteiger partial charge in [-0.05, 0) is 50.3 Å². The van der Waals surface area contributed by atoms with Crippen LogP contribution in [0.5, 0.6) is 11.5 Å². The summed E-state index contributed by atoms with van der Waals surface area (Å²) in [6, 6.07) is 8.23. The quantitative estimate of drug-likeness (QED) is 0.839. The highest BCUT2D eigenvalue weighted by Crippen LogP contribution is 2.30. The highest BCUT2D eigenvalue weighted by Gasteiger charge is 2.34. The summed E-state index contributed by atoms with van der Waals surface area (Å²) in [5.41, 5.74) is 1.29. The first-order valence-corrected chi connectivity index (χ1v) is 8.40. The Bertz CT molecular complexity index is 502. The monoisotopic (exact) mass is 304 g/mol. The predicted molar refractivity (Wildman–Crippen MR) is 88.8 cm³/mol. The summed E-state index contributed by atoms with van der Waals surface area (Å²) in [5.74, 6) is 1.61. The fourth-order valence-corrected chi connectivity index (χ4v) is 3.52. The van der Waals surface area contributed by atoms with Crippen molar-refractivity contribution in [1.82, 2.24) is 10.2 Å². The summed E-state index contributed by atoms with van der Waals surface area (Å²) in [4.78, 5) is 2.65. The molecule has 1 aromatic rings. The van der Waals surface area contributed by atoms with Crippen LogP contribution in [0.4, 0.5) is 0 Å². The Kier molecular flexibility index (Phi) is 4.89. The van der Waals surface area contributed by atoms with Crippen LogP contribution in [0.2, 0.25) is 0 Å². The third kappa shape index (κ3) is 3.73. The van der Waals surface area contributed by atoms with Crippen molar-refractivity contribution in [3.63, 3.8) is 0 Å². The number of benzene rings is 1. The van der Waals surface area contributed by atoms with Gasteiger partial charge in [-0.25, -0.2) is 0 Å². The lowest BCUT2D eigenvalue weighted by atomic mass is 10.1. The van der Waals surface area contributed by atoms with E-state index in [1.54, 1.807) is 14.2 Å². The minimum Gasteiger partial charge on any atom is -0.493 e. The van der Waals surface area contributed by atoms with E-state index >= 15 is 0 Å². The first-order chi connectivity index (χ1) is 10.7. The summed E-state index contributed by atoms with van der Waals surface area (Å²) in [7, 11) is 3.36. The molecule has 0 spiro atoms. The van der Waals surface area contributed by atoms with Crippen molar-refractivity contribution in [2.24, 2.45) is 0 Å². The topological polar surface area (TPSA) is 33.7 Å².